The fourth-order valence-electron chi connectivity index (χ4n) is 4.07. The maximum atomic E-state index is 11.0. The molecule has 1 aromatic carbocycles. The molecule has 2 bridgehead atoms. The molecule has 3 rings (SSSR count). The van der Waals surface area contributed by atoms with Crippen LogP contribution in [-0.2, 0) is 10.2 Å². The lowest BCUT2D eigenvalue weighted by Gasteiger charge is -2.27. The number of rotatable bonds is 3. The summed E-state index contributed by atoms with van der Waals surface area (Å²) in [6.07, 6.45) is 5.97. The van der Waals surface area contributed by atoms with Crippen LogP contribution in [0.25, 0.3) is 0 Å². The third-order valence-corrected chi connectivity index (χ3v) is 4.89. The summed E-state index contributed by atoms with van der Waals surface area (Å²) in [5.74, 6) is -0.629. The van der Waals surface area contributed by atoms with Gasteiger partial charge in [-0.05, 0) is 48.5 Å². The Kier molecular flexibility index (Phi) is 2.29. The van der Waals surface area contributed by atoms with Gasteiger partial charge in [-0.3, -0.25) is 4.79 Å². The van der Waals surface area contributed by atoms with Crippen molar-refractivity contribution in [2.45, 2.75) is 43.9 Å². The van der Waals surface area contributed by atoms with Gasteiger partial charge in [0.05, 0.1) is 6.42 Å². The Bertz CT molecular complexity index is 427. The van der Waals surface area contributed by atoms with Crippen LogP contribution in [-0.4, -0.2) is 11.1 Å². The molecule has 0 spiro atoms. The zero-order valence-corrected chi connectivity index (χ0v) is 9.98. The summed E-state index contributed by atoms with van der Waals surface area (Å²) in [7, 11) is 0. The van der Waals surface area contributed by atoms with Crippen molar-refractivity contribution in [1.82, 2.24) is 0 Å². The lowest BCUT2D eigenvalue weighted by Crippen LogP contribution is -2.19. The van der Waals surface area contributed by atoms with E-state index in [1.54, 1.807) is 0 Å². The number of carboxylic acids is 1. The van der Waals surface area contributed by atoms with Gasteiger partial charge >= 0.3 is 5.97 Å². The fourth-order valence-corrected chi connectivity index (χ4v) is 4.07. The van der Waals surface area contributed by atoms with Gasteiger partial charge in [-0.15, -0.1) is 0 Å². The lowest BCUT2D eigenvalue weighted by atomic mass is 9.77. The van der Waals surface area contributed by atoms with E-state index in [1.165, 1.54) is 18.4 Å². The molecule has 0 saturated heterocycles. The molecule has 2 heteroatoms. The van der Waals surface area contributed by atoms with Crippen LogP contribution in [0.5, 0.6) is 0 Å². The largest absolute Gasteiger partial charge is 0.481 e. The highest BCUT2D eigenvalue weighted by Gasteiger charge is 2.55. The van der Waals surface area contributed by atoms with Crippen LogP contribution < -0.4 is 0 Å². The van der Waals surface area contributed by atoms with E-state index in [4.69, 9.17) is 5.11 Å². The second-order valence-corrected chi connectivity index (χ2v) is 5.89. The van der Waals surface area contributed by atoms with E-state index in [2.05, 4.69) is 30.3 Å². The summed E-state index contributed by atoms with van der Waals surface area (Å²) in [6.45, 7) is 0. The first kappa shape index (κ1) is 10.8. The molecule has 17 heavy (non-hydrogen) atoms. The molecule has 90 valence electrons. The van der Waals surface area contributed by atoms with E-state index in [-0.39, 0.29) is 10.8 Å². The molecule has 0 heterocycles. The average molecular weight is 230 g/mol. The molecule has 0 unspecified atom stereocenters. The van der Waals surface area contributed by atoms with E-state index < -0.39 is 5.97 Å². The molecule has 1 aromatic rings. The Morgan fingerprint density at radius 3 is 2.35 bits per heavy atom. The molecule has 0 aromatic heterocycles. The minimum Gasteiger partial charge on any atom is -0.481 e. The summed E-state index contributed by atoms with van der Waals surface area (Å²) < 4.78 is 0. The highest BCUT2D eigenvalue weighted by atomic mass is 16.4. The standard InChI is InChI=1S/C15H18O2/c16-13(17)10-14-6-8-15(11-14,9-7-14)12-4-2-1-3-5-12/h1-5H,6-11H2,(H,16,17). The van der Waals surface area contributed by atoms with Gasteiger partial charge < -0.3 is 5.11 Å². The Labute approximate surface area is 102 Å². The van der Waals surface area contributed by atoms with Crippen molar-refractivity contribution < 1.29 is 9.90 Å². The lowest BCUT2D eigenvalue weighted by molar-refractivity contribution is -0.139. The summed E-state index contributed by atoms with van der Waals surface area (Å²) in [5, 5.41) is 9.04. The third kappa shape index (κ3) is 1.67. The van der Waals surface area contributed by atoms with Crippen molar-refractivity contribution in [2.24, 2.45) is 5.41 Å². The van der Waals surface area contributed by atoms with Gasteiger partial charge in [-0.1, -0.05) is 30.3 Å². The Hall–Kier alpha value is -1.31. The summed E-state index contributed by atoms with van der Waals surface area (Å²) in [4.78, 5) is 11.0. The van der Waals surface area contributed by atoms with Crippen LogP contribution >= 0.6 is 0 Å². The van der Waals surface area contributed by atoms with Gasteiger partial charge in [0.2, 0.25) is 0 Å². The number of hydrogen-bond acceptors (Lipinski definition) is 1. The molecule has 0 radical (unpaired) electrons. The van der Waals surface area contributed by atoms with E-state index in [0.717, 1.165) is 19.3 Å². The molecular formula is C15H18O2. The number of carboxylic acid groups (broad SMARTS) is 1. The fraction of sp³-hybridized carbons (Fsp3) is 0.533. The third-order valence-electron chi connectivity index (χ3n) is 4.89. The Morgan fingerprint density at radius 1 is 1.12 bits per heavy atom. The van der Waals surface area contributed by atoms with Crippen molar-refractivity contribution in [3.63, 3.8) is 0 Å². The number of fused-ring (bicyclic) bond motifs is 2. The second kappa shape index (κ2) is 3.59. The van der Waals surface area contributed by atoms with Crippen LogP contribution in [0, 0.1) is 5.41 Å². The minimum atomic E-state index is -0.629. The molecule has 1 N–H and O–H groups in total. The molecule has 0 amide bonds. The van der Waals surface area contributed by atoms with Crippen molar-refractivity contribution in [2.75, 3.05) is 0 Å². The molecule has 2 saturated carbocycles. The number of benzene rings is 1. The normalized spacial score (nSPS) is 35.1. The molecule has 0 atom stereocenters. The Morgan fingerprint density at radius 2 is 1.76 bits per heavy atom. The van der Waals surface area contributed by atoms with Crippen LogP contribution in [0.1, 0.15) is 44.1 Å². The SMILES string of the molecule is O=C(O)CC12CCC(c3ccccc3)(CC1)C2. The van der Waals surface area contributed by atoms with Gasteiger partial charge in [0.25, 0.3) is 0 Å². The zero-order valence-electron chi connectivity index (χ0n) is 9.98. The van der Waals surface area contributed by atoms with Gasteiger partial charge in [-0.25, -0.2) is 0 Å². The zero-order chi connectivity index (χ0) is 11.9. The first-order valence-corrected chi connectivity index (χ1v) is 6.42. The van der Waals surface area contributed by atoms with Crippen molar-refractivity contribution in [3.8, 4) is 0 Å². The second-order valence-electron chi connectivity index (χ2n) is 5.89. The number of aliphatic carboxylic acids is 1. The first-order chi connectivity index (χ1) is 8.14. The average Bonchev–Trinajstić information content (AvgIpc) is 2.86. The summed E-state index contributed by atoms with van der Waals surface area (Å²) in [5.41, 5.74) is 1.81. The highest BCUT2D eigenvalue weighted by Crippen LogP contribution is 2.63. The maximum absolute atomic E-state index is 11.0. The van der Waals surface area contributed by atoms with Crippen LogP contribution in [0.3, 0.4) is 0 Å². The van der Waals surface area contributed by atoms with Gasteiger partial charge in [0.1, 0.15) is 0 Å². The minimum absolute atomic E-state index is 0.0989. The maximum Gasteiger partial charge on any atom is 0.303 e. The van der Waals surface area contributed by atoms with Crippen LogP contribution in [0.2, 0.25) is 0 Å². The van der Waals surface area contributed by atoms with Crippen molar-refractivity contribution in [3.05, 3.63) is 35.9 Å². The monoisotopic (exact) mass is 230 g/mol. The Balaban J connectivity index is 1.88. The summed E-state index contributed by atoms with van der Waals surface area (Å²) in [6, 6.07) is 10.7. The van der Waals surface area contributed by atoms with Crippen molar-refractivity contribution in [1.29, 1.82) is 0 Å². The highest BCUT2D eigenvalue weighted by molar-refractivity contribution is 5.68. The molecule has 0 aliphatic heterocycles. The molecular weight excluding hydrogens is 212 g/mol. The van der Waals surface area contributed by atoms with Gasteiger partial charge in [-0.2, -0.15) is 0 Å². The van der Waals surface area contributed by atoms with Gasteiger partial charge in [0, 0.05) is 0 Å². The van der Waals surface area contributed by atoms with Crippen LogP contribution in [0.15, 0.2) is 30.3 Å². The number of hydrogen-bond donors (Lipinski definition) is 1. The number of carbonyl (C=O) groups is 1. The molecule has 2 aliphatic rings. The smallest absolute Gasteiger partial charge is 0.303 e. The topological polar surface area (TPSA) is 37.3 Å². The first-order valence-electron chi connectivity index (χ1n) is 6.42. The van der Waals surface area contributed by atoms with Crippen molar-refractivity contribution >= 4 is 5.97 Å². The van der Waals surface area contributed by atoms with E-state index in [9.17, 15) is 4.79 Å². The van der Waals surface area contributed by atoms with E-state index in [1.807, 2.05) is 0 Å². The van der Waals surface area contributed by atoms with E-state index in [0.29, 0.717) is 6.42 Å². The molecule has 2 nitrogen and oxygen atoms in total. The predicted octanol–water partition coefficient (Wildman–Crippen LogP) is 3.36. The summed E-state index contributed by atoms with van der Waals surface area (Å²) >= 11 is 0. The van der Waals surface area contributed by atoms with Gasteiger partial charge in [0.15, 0.2) is 0 Å². The quantitative estimate of drug-likeness (QED) is 0.864. The van der Waals surface area contributed by atoms with E-state index >= 15 is 0 Å². The van der Waals surface area contributed by atoms with Crippen LogP contribution in [0.4, 0.5) is 0 Å². The molecule has 2 aliphatic carbocycles. The predicted molar refractivity (Wildman–Crippen MR) is 65.9 cm³/mol. The molecule has 2 fully saturated rings.